The van der Waals surface area contributed by atoms with Crippen LogP contribution in [0, 0.1) is 15.0 Å². The highest BCUT2D eigenvalue weighted by Crippen LogP contribution is 2.24. The minimum atomic E-state index is -0.460. The first-order chi connectivity index (χ1) is 7.70. The molecular weight excluding hydrogens is 210 g/mol. The predicted molar refractivity (Wildman–Crippen MR) is 57.9 cm³/mol. The molecule has 6 nitrogen and oxygen atoms in total. The van der Waals surface area contributed by atoms with Crippen molar-refractivity contribution in [3.05, 3.63) is 51.0 Å². The van der Waals surface area contributed by atoms with Gasteiger partial charge in [-0.05, 0) is 23.4 Å². The number of rotatable bonds is 3. The second-order valence-corrected chi connectivity index (χ2v) is 3.26. The molecule has 16 heavy (non-hydrogen) atoms. The topological polar surface area (TPSA) is 85.5 Å². The van der Waals surface area contributed by atoms with Gasteiger partial charge < -0.3 is 0 Å². The Labute approximate surface area is 90.0 Å². The number of aromatic nitrogens is 1. The van der Waals surface area contributed by atoms with Gasteiger partial charge >= 0.3 is 0 Å². The predicted octanol–water partition coefficient (Wildman–Crippen LogP) is 2.41. The minimum absolute atomic E-state index is 0.178. The first-order valence-electron chi connectivity index (χ1n) is 4.53. The molecule has 2 rings (SSSR count). The van der Waals surface area contributed by atoms with E-state index in [0.29, 0.717) is 16.5 Å². The molecule has 0 saturated heterocycles. The molecule has 0 amide bonds. The van der Waals surface area contributed by atoms with Crippen LogP contribution in [0.3, 0.4) is 0 Å². The smallest absolute Gasteiger partial charge is 0.231 e. The lowest BCUT2D eigenvalue weighted by molar-refractivity contribution is -0.496. The number of benzene rings is 1. The second kappa shape index (κ2) is 4.01. The van der Waals surface area contributed by atoms with Gasteiger partial charge in [0.25, 0.3) is 0 Å². The molecule has 0 fully saturated rings. The van der Waals surface area contributed by atoms with E-state index in [4.69, 9.17) is 0 Å². The van der Waals surface area contributed by atoms with Crippen molar-refractivity contribution >= 4 is 16.6 Å². The van der Waals surface area contributed by atoms with Crippen molar-refractivity contribution in [2.45, 2.75) is 6.54 Å². The number of nitroso groups, excluding NO2 is 1. The molecule has 0 atom stereocenters. The van der Waals surface area contributed by atoms with Crippen LogP contribution in [0.2, 0.25) is 0 Å². The van der Waals surface area contributed by atoms with Gasteiger partial charge in [-0.25, -0.2) is 0 Å². The first-order valence-corrected chi connectivity index (χ1v) is 4.53. The summed E-state index contributed by atoms with van der Waals surface area (Å²) >= 11 is 0. The molecule has 0 N–H and O–H groups in total. The molecule has 1 aromatic carbocycles. The summed E-state index contributed by atoms with van der Waals surface area (Å²) < 4.78 is 0. The largest absolute Gasteiger partial charge is 0.264 e. The van der Waals surface area contributed by atoms with Gasteiger partial charge in [0.1, 0.15) is 5.69 Å². The zero-order valence-electron chi connectivity index (χ0n) is 8.16. The second-order valence-electron chi connectivity index (χ2n) is 3.26. The van der Waals surface area contributed by atoms with Crippen LogP contribution in [-0.2, 0) is 6.54 Å². The number of nitrogens with zero attached hydrogens (tertiary/aromatic N) is 3. The molecule has 0 radical (unpaired) electrons. The lowest BCUT2D eigenvalue weighted by atomic mass is 10.1. The molecule has 0 unspecified atom stereocenters. The Balaban J connectivity index is 2.67. The van der Waals surface area contributed by atoms with E-state index in [1.807, 2.05) is 0 Å². The van der Waals surface area contributed by atoms with Crippen LogP contribution in [0.1, 0.15) is 5.56 Å². The Morgan fingerprint density at radius 1 is 1.44 bits per heavy atom. The van der Waals surface area contributed by atoms with Gasteiger partial charge in [0, 0.05) is 16.5 Å². The maximum absolute atomic E-state index is 10.5. The van der Waals surface area contributed by atoms with Gasteiger partial charge in [0.05, 0.1) is 11.1 Å². The Morgan fingerprint density at radius 3 is 2.94 bits per heavy atom. The van der Waals surface area contributed by atoms with Crippen LogP contribution < -0.4 is 0 Å². The third-order valence-electron chi connectivity index (χ3n) is 2.17. The summed E-state index contributed by atoms with van der Waals surface area (Å²) in [5.74, 6) is 0. The molecule has 0 aliphatic rings. The van der Waals surface area contributed by atoms with Gasteiger partial charge in [0.15, 0.2) is 0 Å². The van der Waals surface area contributed by atoms with Crippen LogP contribution >= 0.6 is 0 Å². The van der Waals surface area contributed by atoms with Crippen LogP contribution in [-0.4, -0.2) is 9.91 Å². The van der Waals surface area contributed by atoms with Crippen molar-refractivity contribution in [1.29, 1.82) is 0 Å². The highest BCUT2D eigenvalue weighted by Gasteiger charge is 2.10. The molecule has 1 aromatic heterocycles. The fraction of sp³-hybridized carbons (Fsp3) is 0.100. The first kappa shape index (κ1) is 10.2. The molecule has 6 heteroatoms. The van der Waals surface area contributed by atoms with Crippen LogP contribution in [0.25, 0.3) is 10.9 Å². The zero-order chi connectivity index (χ0) is 11.5. The fourth-order valence-corrected chi connectivity index (χ4v) is 1.56. The molecule has 2 aromatic rings. The highest BCUT2D eigenvalue weighted by molar-refractivity contribution is 5.84. The zero-order valence-corrected chi connectivity index (χ0v) is 8.16. The minimum Gasteiger partial charge on any atom is -0.264 e. The average molecular weight is 217 g/mol. The molecule has 0 aliphatic heterocycles. The van der Waals surface area contributed by atoms with E-state index in [0.717, 1.165) is 0 Å². The lowest BCUT2D eigenvalue weighted by Gasteiger charge is -2.02. The standard InChI is InChI=1S/C10H7N3O3/c14-12-9-4-7-2-1-3-11-10(7)8(5-9)6-13(15)16/h1-5H,6H2. The fourth-order valence-electron chi connectivity index (χ4n) is 1.56. The van der Waals surface area contributed by atoms with E-state index in [2.05, 4.69) is 10.2 Å². The van der Waals surface area contributed by atoms with Crippen LogP contribution in [0.4, 0.5) is 5.69 Å². The van der Waals surface area contributed by atoms with Gasteiger partial charge in [0.2, 0.25) is 6.54 Å². The Hall–Kier alpha value is -2.37. The van der Waals surface area contributed by atoms with Gasteiger partial charge in [-0.2, -0.15) is 0 Å². The maximum atomic E-state index is 10.5. The molecule has 0 bridgehead atoms. The van der Waals surface area contributed by atoms with E-state index < -0.39 is 4.92 Å². The third kappa shape index (κ3) is 1.85. The third-order valence-corrected chi connectivity index (χ3v) is 2.17. The quantitative estimate of drug-likeness (QED) is 0.448. The Bertz CT molecular complexity index is 568. The van der Waals surface area contributed by atoms with Crippen molar-refractivity contribution in [3.63, 3.8) is 0 Å². The normalized spacial score (nSPS) is 10.2. The SMILES string of the molecule is O=Nc1cc(C[N+](=O)[O-])c2ncccc2c1. The number of pyridine rings is 1. The highest BCUT2D eigenvalue weighted by atomic mass is 16.6. The van der Waals surface area contributed by atoms with Crippen molar-refractivity contribution < 1.29 is 4.92 Å². The van der Waals surface area contributed by atoms with Gasteiger partial charge in [-0.15, -0.1) is 4.91 Å². The van der Waals surface area contributed by atoms with Crippen molar-refractivity contribution in [3.8, 4) is 0 Å². The number of nitro groups is 1. The van der Waals surface area contributed by atoms with E-state index in [-0.39, 0.29) is 12.2 Å². The molecular formula is C10H7N3O3. The van der Waals surface area contributed by atoms with E-state index >= 15 is 0 Å². The van der Waals surface area contributed by atoms with Crippen LogP contribution in [0.15, 0.2) is 35.6 Å². The number of fused-ring (bicyclic) bond motifs is 1. The summed E-state index contributed by atoms with van der Waals surface area (Å²) in [6, 6.07) is 6.39. The summed E-state index contributed by atoms with van der Waals surface area (Å²) in [7, 11) is 0. The van der Waals surface area contributed by atoms with Crippen molar-refractivity contribution in [2.75, 3.05) is 0 Å². The molecule has 0 spiro atoms. The molecule has 0 saturated carbocycles. The van der Waals surface area contributed by atoms with Gasteiger partial charge in [-0.1, -0.05) is 6.07 Å². The number of hydrogen-bond acceptors (Lipinski definition) is 5. The van der Waals surface area contributed by atoms with Gasteiger partial charge in [-0.3, -0.25) is 15.1 Å². The average Bonchev–Trinajstić information content (AvgIpc) is 2.28. The summed E-state index contributed by atoms with van der Waals surface area (Å²) in [6.07, 6.45) is 1.56. The molecule has 80 valence electrons. The van der Waals surface area contributed by atoms with E-state index in [9.17, 15) is 15.0 Å². The maximum Gasteiger partial charge on any atom is 0.231 e. The van der Waals surface area contributed by atoms with Crippen molar-refractivity contribution in [1.82, 2.24) is 4.98 Å². The van der Waals surface area contributed by atoms with Crippen molar-refractivity contribution in [2.24, 2.45) is 5.18 Å². The summed E-state index contributed by atoms with van der Waals surface area (Å²) in [5.41, 5.74) is 1.11. The van der Waals surface area contributed by atoms with E-state index in [1.54, 1.807) is 24.4 Å². The molecule has 0 aliphatic carbocycles. The van der Waals surface area contributed by atoms with E-state index in [1.165, 1.54) is 6.07 Å². The summed E-state index contributed by atoms with van der Waals surface area (Å²) in [5, 5.41) is 13.9. The monoisotopic (exact) mass is 217 g/mol. The molecule has 1 heterocycles. The number of hydrogen-bond donors (Lipinski definition) is 0. The Morgan fingerprint density at radius 2 is 2.25 bits per heavy atom. The summed E-state index contributed by atoms with van der Waals surface area (Å²) in [6.45, 7) is -0.364. The van der Waals surface area contributed by atoms with Crippen LogP contribution in [0.5, 0.6) is 0 Å². The summed E-state index contributed by atoms with van der Waals surface area (Å²) in [4.78, 5) is 24.5. The lowest BCUT2D eigenvalue weighted by Crippen LogP contribution is -1.99. The Kier molecular flexibility index (Phi) is 2.55.